The van der Waals surface area contributed by atoms with Crippen molar-refractivity contribution in [3.8, 4) is 6.07 Å². The molecular weight excluding hydrogens is 1010 g/mol. The van der Waals surface area contributed by atoms with Crippen LogP contribution in [0.3, 0.4) is 0 Å². The Labute approximate surface area is 436 Å². The number of halogens is 3. The molecule has 3 aliphatic rings. The minimum absolute atomic E-state index is 0.152. The van der Waals surface area contributed by atoms with Gasteiger partial charge < -0.3 is 56.6 Å². The standard InChI is InChI=1S/C17H20N8O2.C12H17ClN4O2.C12H16ClN3O3.C4H4ClN3/c1-19-17(26)16-13(21-8-11-2-4-27-5-3-11)6-14(24-25-16)23-15-10-20-12(7-18)9-22-15;1-14-12(18)11-9(6-10(13)16-17-11)15-7-8-2-4-19-5-3-8;1-18-12(17)11-9(6-10(13)15-16-11)14-7-8-2-4-19-5-3-8;5-3-1-8-4(6)2-7-3/h6,9-11H,2-5,8H2,1H3,(H,19,26)(H2,21,22,23,24);6,8H,2-5,7H2,1H3,(H,14,18)(H,15,16);6,8H,2-5,7H2,1H3,(H,14,15);1-2H,(H2,6,8). The lowest BCUT2D eigenvalue weighted by molar-refractivity contribution is 0.0592. The average Bonchev–Trinajstić information content (AvgIpc) is 3.43. The van der Waals surface area contributed by atoms with Gasteiger partial charge in [-0.2, -0.15) is 5.26 Å². The number of esters is 1. The molecule has 3 saturated heterocycles. The van der Waals surface area contributed by atoms with Gasteiger partial charge in [-0.25, -0.2) is 24.7 Å². The number of hydrogen-bond donors (Lipinski definition) is 7. The number of aromatic nitrogens is 10. The predicted octanol–water partition coefficient (Wildman–Crippen LogP) is 4.88. The molecule has 0 aliphatic carbocycles. The molecule has 28 heteroatoms. The Bertz CT molecular complexity index is 2460. The maximum Gasteiger partial charge on any atom is 0.360 e. The van der Waals surface area contributed by atoms with Gasteiger partial charge in [0.1, 0.15) is 22.9 Å². The summed E-state index contributed by atoms with van der Waals surface area (Å²) in [6.07, 6.45) is 11.6. The number of amides is 2. The third-order valence-corrected chi connectivity index (χ3v) is 11.6. The molecule has 8 heterocycles. The van der Waals surface area contributed by atoms with Gasteiger partial charge in [0.2, 0.25) is 0 Å². The van der Waals surface area contributed by atoms with Crippen molar-refractivity contribution < 1.29 is 33.3 Å². The Hall–Kier alpha value is -6.95. The Morgan fingerprint density at radius 2 is 1.07 bits per heavy atom. The molecule has 5 aromatic rings. The van der Waals surface area contributed by atoms with Crippen LogP contribution in [0.2, 0.25) is 15.5 Å². The molecule has 0 radical (unpaired) electrons. The normalized spacial score (nSPS) is 14.6. The quantitative estimate of drug-likeness (QED) is 0.0729. The van der Waals surface area contributed by atoms with E-state index in [2.05, 4.69) is 87.2 Å². The van der Waals surface area contributed by atoms with E-state index in [4.69, 9.17) is 60.0 Å². The van der Waals surface area contributed by atoms with E-state index in [1.807, 2.05) is 6.07 Å². The molecule has 0 spiro atoms. The van der Waals surface area contributed by atoms with Gasteiger partial charge in [0.15, 0.2) is 38.9 Å². The van der Waals surface area contributed by atoms with Crippen LogP contribution in [0.15, 0.2) is 43.0 Å². The summed E-state index contributed by atoms with van der Waals surface area (Å²) in [5.74, 6) is 1.63. The third kappa shape index (κ3) is 19.5. The SMILES string of the molecule is CNC(=O)c1nnc(Cl)cc1NCC1CCOCC1.CNC(=O)c1nnc(Nc2cnc(C#N)cn2)cc1NCC1CCOCC1.COC(=O)c1nnc(Cl)cc1NCC1CCOCC1.Nc1cnc(Cl)cn1. The van der Waals surface area contributed by atoms with Crippen LogP contribution in [0.1, 0.15) is 75.7 Å². The van der Waals surface area contributed by atoms with Crippen LogP contribution in [0.5, 0.6) is 0 Å². The zero-order valence-electron chi connectivity index (χ0n) is 40.4. The zero-order chi connectivity index (χ0) is 52.4. The van der Waals surface area contributed by atoms with E-state index in [-0.39, 0.29) is 44.9 Å². The number of nitrogen functional groups attached to an aromatic ring is 1. The van der Waals surface area contributed by atoms with Crippen LogP contribution in [-0.4, -0.2) is 149 Å². The molecule has 2 amide bonds. The van der Waals surface area contributed by atoms with E-state index in [9.17, 15) is 14.4 Å². The second kappa shape index (κ2) is 30.8. The number of anilines is 6. The number of rotatable bonds is 14. The number of hydrogen-bond acceptors (Lipinski definition) is 23. The summed E-state index contributed by atoms with van der Waals surface area (Å²) in [4.78, 5) is 50.7. The molecule has 0 bridgehead atoms. The van der Waals surface area contributed by atoms with Crippen LogP contribution < -0.4 is 37.6 Å². The van der Waals surface area contributed by atoms with E-state index in [0.717, 1.165) is 97.8 Å². The number of carbonyl (C=O) groups is 3. The highest BCUT2D eigenvalue weighted by Gasteiger charge is 2.21. The highest BCUT2D eigenvalue weighted by molar-refractivity contribution is 6.30. The second-order valence-corrected chi connectivity index (χ2v) is 17.3. The van der Waals surface area contributed by atoms with Gasteiger partial charge in [0.25, 0.3) is 11.8 Å². The maximum absolute atomic E-state index is 12.1. The van der Waals surface area contributed by atoms with Gasteiger partial charge in [-0.3, -0.25) is 9.59 Å². The van der Waals surface area contributed by atoms with Crippen molar-refractivity contribution in [2.45, 2.75) is 38.5 Å². The molecule has 390 valence electrons. The van der Waals surface area contributed by atoms with Crippen molar-refractivity contribution in [2.24, 2.45) is 17.8 Å². The molecule has 73 heavy (non-hydrogen) atoms. The summed E-state index contributed by atoms with van der Waals surface area (Å²) in [5, 5.41) is 50.5. The van der Waals surface area contributed by atoms with Crippen LogP contribution in [0, 0.1) is 29.1 Å². The molecule has 5 aromatic heterocycles. The van der Waals surface area contributed by atoms with Crippen molar-refractivity contribution in [3.63, 3.8) is 0 Å². The number of ether oxygens (including phenoxy) is 4. The van der Waals surface area contributed by atoms with E-state index in [0.29, 0.717) is 57.4 Å². The minimum atomic E-state index is -0.529. The predicted molar refractivity (Wildman–Crippen MR) is 272 cm³/mol. The van der Waals surface area contributed by atoms with Gasteiger partial charge >= 0.3 is 5.97 Å². The molecule has 3 aliphatic heterocycles. The Balaban J connectivity index is 0.000000192. The largest absolute Gasteiger partial charge is 0.464 e. The average molecular weight is 1070 g/mol. The first-order valence-electron chi connectivity index (χ1n) is 23.0. The van der Waals surface area contributed by atoms with Crippen molar-refractivity contribution >= 4 is 87.1 Å². The smallest absolute Gasteiger partial charge is 0.360 e. The van der Waals surface area contributed by atoms with E-state index >= 15 is 0 Å². The maximum atomic E-state index is 12.1. The second-order valence-electron chi connectivity index (χ2n) is 16.1. The number of nitrogens with two attached hydrogens (primary N) is 1. The van der Waals surface area contributed by atoms with Crippen molar-refractivity contribution in [2.75, 3.05) is 107 Å². The Morgan fingerprint density at radius 3 is 1.48 bits per heavy atom. The van der Waals surface area contributed by atoms with Crippen LogP contribution in [-0.2, 0) is 18.9 Å². The number of nitrogens with one attached hydrogen (secondary N) is 6. The number of carbonyl (C=O) groups excluding carboxylic acids is 3. The molecule has 8 rings (SSSR count). The fourth-order valence-corrected chi connectivity index (χ4v) is 7.32. The molecule has 0 atom stereocenters. The number of methoxy groups -OCH3 is 1. The summed E-state index contributed by atoms with van der Waals surface area (Å²) >= 11 is 17.0. The minimum Gasteiger partial charge on any atom is -0.464 e. The Kier molecular flexibility index (Phi) is 24.0. The van der Waals surface area contributed by atoms with Gasteiger partial charge in [-0.15, -0.1) is 30.6 Å². The van der Waals surface area contributed by atoms with Crippen LogP contribution in [0.25, 0.3) is 0 Å². The van der Waals surface area contributed by atoms with Gasteiger partial charge in [-0.1, -0.05) is 34.8 Å². The molecule has 0 unspecified atom stereocenters. The highest BCUT2D eigenvalue weighted by atomic mass is 35.5. The summed E-state index contributed by atoms with van der Waals surface area (Å²) in [7, 11) is 4.41. The molecule has 0 saturated carbocycles. The first-order valence-corrected chi connectivity index (χ1v) is 24.2. The molecule has 0 aromatic carbocycles. The van der Waals surface area contributed by atoms with E-state index < -0.39 is 5.97 Å². The van der Waals surface area contributed by atoms with Crippen LogP contribution in [0.4, 0.5) is 34.5 Å². The lowest BCUT2D eigenvalue weighted by Gasteiger charge is -2.23. The first-order chi connectivity index (χ1) is 35.4. The monoisotopic (exact) mass is 1070 g/mol. The summed E-state index contributed by atoms with van der Waals surface area (Å²) < 4.78 is 20.7. The van der Waals surface area contributed by atoms with E-state index in [1.165, 1.54) is 31.9 Å². The third-order valence-electron chi connectivity index (χ3n) is 11.0. The fourth-order valence-electron chi connectivity index (χ4n) is 6.93. The van der Waals surface area contributed by atoms with Gasteiger partial charge in [0.05, 0.1) is 49.0 Å². The van der Waals surface area contributed by atoms with E-state index in [1.54, 1.807) is 32.3 Å². The topological polar surface area (TPSA) is 339 Å². The van der Waals surface area contributed by atoms with Crippen molar-refractivity contribution in [1.29, 1.82) is 5.26 Å². The lowest BCUT2D eigenvalue weighted by Crippen LogP contribution is -2.25. The van der Waals surface area contributed by atoms with Crippen LogP contribution >= 0.6 is 34.8 Å². The molecule has 8 N–H and O–H groups in total. The first kappa shape index (κ1) is 57.0. The summed E-state index contributed by atoms with van der Waals surface area (Å²) in [6.45, 7) is 6.91. The van der Waals surface area contributed by atoms with Crippen molar-refractivity contribution in [1.82, 2.24) is 61.2 Å². The molecule has 25 nitrogen and oxygen atoms in total. The highest BCUT2D eigenvalue weighted by Crippen LogP contribution is 2.24. The Morgan fingerprint density at radius 1 is 0.603 bits per heavy atom. The summed E-state index contributed by atoms with van der Waals surface area (Å²) in [5.41, 5.74) is 7.81. The number of nitrogens with zero attached hydrogens (tertiary/aromatic N) is 11. The van der Waals surface area contributed by atoms with Gasteiger partial charge in [-0.05, 0) is 56.3 Å². The molecular formula is C45H57Cl3N18O7. The number of nitriles is 1. The summed E-state index contributed by atoms with van der Waals surface area (Å²) in [6, 6.07) is 6.82. The van der Waals surface area contributed by atoms with Crippen molar-refractivity contribution in [3.05, 3.63) is 81.2 Å². The zero-order valence-corrected chi connectivity index (χ0v) is 42.6. The molecule has 3 fully saturated rings. The van der Waals surface area contributed by atoms with Gasteiger partial charge in [0, 0.05) is 91.6 Å². The fraction of sp³-hybridized carbons (Fsp3) is 0.467. The lowest BCUT2D eigenvalue weighted by atomic mass is 10.0.